The van der Waals surface area contributed by atoms with Crippen molar-refractivity contribution in [3.05, 3.63) is 21.9 Å². The van der Waals surface area contributed by atoms with E-state index in [4.69, 9.17) is 0 Å². The van der Waals surface area contributed by atoms with Gasteiger partial charge in [-0.2, -0.15) is 11.8 Å². The molecule has 2 heterocycles. The van der Waals surface area contributed by atoms with Crippen molar-refractivity contribution in [3.63, 3.8) is 0 Å². The van der Waals surface area contributed by atoms with Gasteiger partial charge in [0.25, 0.3) is 0 Å². The summed E-state index contributed by atoms with van der Waals surface area (Å²) in [4.78, 5) is 16.5. The maximum atomic E-state index is 12.1. The molecule has 17 heavy (non-hydrogen) atoms. The van der Waals surface area contributed by atoms with E-state index in [2.05, 4.69) is 24.9 Å². The molecule has 1 fully saturated rings. The molecule has 1 aromatic rings. The van der Waals surface area contributed by atoms with Crippen LogP contribution in [0, 0.1) is 0 Å². The van der Waals surface area contributed by atoms with E-state index in [9.17, 15) is 4.79 Å². The summed E-state index contributed by atoms with van der Waals surface area (Å²) in [5.41, 5.74) is 0. The lowest BCUT2D eigenvalue weighted by molar-refractivity contribution is 0.0931. The van der Waals surface area contributed by atoms with E-state index in [1.165, 1.54) is 22.8 Å². The summed E-state index contributed by atoms with van der Waals surface area (Å²) in [5.74, 6) is 2.69. The molecule has 1 atom stereocenters. The molecule has 1 saturated heterocycles. The molecule has 2 rings (SSSR count). The zero-order valence-electron chi connectivity index (χ0n) is 10.4. The van der Waals surface area contributed by atoms with Crippen LogP contribution < -0.4 is 0 Å². The number of thiophene rings is 1. The lowest BCUT2D eigenvalue weighted by Crippen LogP contribution is -2.35. The molecule has 4 heteroatoms. The highest BCUT2D eigenvalue weighted by Crippen LogP contribution is 2.22. The zero-order chi connectivity index (χ0) is 12.3. The predicted octanol–water partition coefficient (Wildman–Crippen LogP) is 2.93. The second kappa shape index (κ2) is 6.03. The average Bonchev–Trinajstić information content (AvgIpc) is 3.00. The van der Waals surface area contributed by atoms with Crippen LogP contribution in [0.5, 0.6) is 0 Å². The van der Waals surface area contributed by atoms with Crippen molar-refractivity contribution in [2.24, 2.45) is 0 Å². The molecule has 1 aliphatic rings. The first kappa shape index (κ1) is 13.1. The van der Waals surface area contributed by atoms with Gasteiger partial charge >= 0.3 is 0 Å². The number of likely N-dealkylation sites (N-methyl/N-ethyl adjacent to an activating group) is 1. The van der Waals surface area contributed by atoms with Gasteiger partial charge in [-0.25, -0.2) is 0 Å². The molecule has 0 amide bonds. The molecule has 0 saturated carbocycles. The Balaban J connectivity index is 1.91. The number of nitrogens with zero attached hydrogens (tertiary/aromatic N) is 1. The van der Waals surface area contributed by atoms with E-state index >= 15 is 0 Å². The fraction of sp³-hybridized carbons (Fsp3) is 0.615. The van der Waals surface area contributed by atoms with Crippen LogP contribution in [0.2, 0.25) is 0 Å². The molecule has 0 bridgehead atoms. The Bertz CT molecular complexity index is 383. The third-order valence-corrected chi connectivity index (χ3v) is 5.62. The maximum Gasteiger partial charge on any atom is 0.186 e. The number of hydrogen-bond acceptors (Lipinski definition) is 4. The Labute approximate surface area is 111 Å². The molecule has 0 aromatic carbocycles. The summed E-state index contributed by atoms with van der Waals surface area (Å²) in [6.45, 7) is 2.69. The van der Waals surface area contributed by atoms with Crippen LogP contribution in [-0.2, 0) is 6.42 Å². The largest absolute Gasteiger partial charge is 0.295 e. The Morgan fingerprint density at radius 2 is 2.35 bits per heavy atom. The van der Waals surface area contributed by atoms with Crippen LogP contribution in [0.15, 0.2) is 12.1 Å². The SMILES string of the molecule is CCc1ccc(C(=O)CN(C)C2CCSC2)s1. The first-order chi connectivity index (χ1) is 8.20. The highest BCUT2D eigenvalue weighted by molar-refractivity contribution is 7.99. The van der Waals surface area contributed by atoms with Crippen molar-refractivity contribution in [3.8, 4) is 0 Å². The van der Waals surface area contributed by atoms with Gasteiger partial charge in [-0.3, -0.25) is 9.69 Å². The predicted molar refractivity (Wildman–Crippen MR) is 76.4 cm³/mol. The molecule has 0 radical (unpaired) electrons. The van der Waals surface area contributed by atoms with Crippen LogP contribution in [0.4, 0.5) is 0 Å². The third-order valence-electron chi connectivity index (χ3n) is 3.21. The van der Waals surface area contributed by atoms with Gasteiger partial charge in [-0.1, -0.05) is 6.92 Å². The zero-order valence-corrected chi connectivity index (χ0v) is 12.1. The van der Waals surface area contributed by atoms with E-state index in [1.807, 2.05) is 17.8 Å². The number of carbonyl (C=O) groups excluding carboxylic acids is 1. The van der Waals surface area contributed by atoms with Crippen molar-refractivity contribution in [1.29, 1.82) is 0 Å². The number of carbonyl (C=O) groups is 1. The average molecular weight is 269 g/mol. The second-order valence-corrected chi connectivity index (χ2v) is 6.79. The molecule has 1 aliphatic heterocycles. The smallest absolute Gasteiger partial charge is 0.186 e. The van der Waals surface area contributed by atoms with Crippen LogP contribution in [0.1, 0.15) is 27.9 Å². The summed E-state index contributed by atoms with van der Waals surface area (Å²) in [6.07, 6.45) is 2.24. The van der Waals surface area contributed by atoms with Crippen molar-refractivity contribution < 1.29 is 4.79 Å². The molecule has 94 valence electrons. The number of ketones is 1. The van der Waals surface area contributed by atoms with Gasteiger partial charge < -0.3 is 0 Å². The topological polar surface area (TPSA) is 20.3 Å². The van der Waals surface area contributed by atoms with Crippen molar-refractivity contribution in [2.45, 2.75) is 25.8 Å². The molecular weight excluding hydrogens is 250 g/mol. The minimum atomic E-state index is 0.272. The Morgan fingerprint density at radius 1 is 1.53 bits per heavy atom. The van der Waals surface area contributed by atoms with Crippen molar-refractivity contribution in [2.75, 3.05) is 25.1 Å². The number of aryl methyl sites for hydroxylation is 1. The fourth-order valence-corrected chi connectivity index (χ4v) is 4.20. The summed E-state index contributed by atoms with van der Waals surface area (Å²) in [7, 11) is 2.07. The van der Waals surface area contributed by atoms with Gasteiger partial charge in [0.1, 0.15) is 0 Å². The van der Waals surface area contributed by atoms with Gasteiger partial charge in [0.15, 0.2) is 5.78 Å². The third kappa shape index (κ3) is 3.33. The van der Waals surface area contributed by atoms with E-state index in [-0.39, 0.29) is 5.78 Å². The first-order valence-electron chi connectivity index (χ1n) is 6.10. The second-order valence-electron chi connectivity index (χ2n) is 4.48. The van der Waals surface area contributed by atoms with Crippen molar-refractivity contribution in [1.82, 2.24) is 4.90 Å². The number of hydrogen-bond donors (Lipinski definition) is 0. The molecule has 0 aliphatic carbocycles. The minimum absolute atomic E-state index is 0.272. The summed E-state index contributed by atoms with van der Waals surface area (Å²) in [5, 5.41) is 0. The van der Waals surface area contributed by atoms with E-state index in [0.29, 0.717) is 12.6 Å². The summed E-state index contributed by atoms with van der Waals surface area (Å²) in [6, 6.07) is 4.64. The van der Waals surface area contributed by atoms with Gasteiger partial charge in [0.05, 0.1) is 11.4 Å². The van der Waals surface area contributed by atoms with Gasteiger partial charge in [-0.05, 0) is 37.8 Å². The minimum Gasteiger partial charge on any atom is -0.295 e. The molecule has 1 aromatic heterocycles. The molecule has 1 unspecified atom stereocenters. The number of rotatable bonds is 5. The normalized spacial score (nSPS) is 20.1. The lowest BCUT2D eigenvalue weighted by atomic mass is 10.2. The van der Waals surface area contributed by atoms with Gasteiger partial charge in [-0.15, -0.1) is 11.3 Å². The van der Waals surface area contributed by atoms with E-state index in [1.54, 1.807) is 11.3 Å². The monoisotopic (exact) mass is 269 g/mol. The van der Waals surface area contributed by atoms with Gasteiger partial charge in [0, 0.05) is 16.7 Å². The highest BCUT2D eigenvalue weighted by Gasteiger charge is 2.22. The summed E-state index contributed by atoms with van der Waals surface area (Å²) < 4.78 is 0. The Hall–Kier alpha value is -0.320. The molecular formula is C13H19NOS2. The highest BCUT2D eigenvalue weighted by atomic mass is 32.2. The van der Waals surface area contributed by atoms with Crippen LogP contribution in [-0.4, -0.2) is 41.8 Å². The number of Topliss-reactive ketones (excluding diaryl/α,β-unsaturated/α-hetero) is 1. The Kier molecular flexibility index (Phi) is 4.65. The molecule has 2 nitrogen and oxygen atoms in total. The first-order valence-corrected chi connectivity index (χ1v) is 8.07. The maximum absolute atomic E-state index is 12.1. The van der Waals surface area contributed by atoms with Crippen LogP contribution in [0.25, 0.3) is 0 Å². The van der Waals surface area contributed by atoms with E-state index < -0.39 is 0 Å². The quantitative estimate of drug-likeness (QED) is 0.767. The summed E-state index contributed by atoms with van der Waals surface area (Å²) >= 11 is 3.63. The lowest BCUT2D eigenvalue weighted by Gasteiger charge is -2.22. The fourth-order valence-electron chi connectivity index (χ4n) is 2.02. The molecule has 0 N–H and O–H groups in total. The Morgan fingerprint density at radius 3 is 2.94 bits per heavy atom. The van der Waals surface area contributed by atoms with Crippen LogP contribution >= 0.6 is 23.1 Å². The van der Waals surface area contributed by atoms with Crippen molar-refractivity contribution >= 4 is 28.9 Å². The van der Waals surface area contributed by atoms with E-state index in [0.717, 1.165) is 11.3 Å². The van der Waals surface area contributed by atoms with Crippen LogP contribution in [0.3, 0.4) is 0 Å². The standard InChI is InChI=1S/C13H19NOS2/c1-3-11-4-5-13(17-11)12(15)8-14(2)10-6-7-16-9-10/h4-5,10H,3,6-9H2,1-2H3. The van der Waals surface area contributed by atoms with Gasteiger partial charge in [0.2, 0.25) is 0 Å². The molecule has 0 spiro atoms. The number of thioether (sulfide) groups is 1.